The summed E-state index contributed by atoms with van der Waals surface area (Å²) in [6.45, 7) is 3.76. The Kier molecular flexibility index (Phi) is 6.30. The maximum Gasteiger partial charge on any atom is 0.157 e. The van der Waals surface area contributed by atoms with Gasteiger partial charge in [-0.1, -0.05) is 26.2 Å². The van der Waals surface area contributed by atoms with E-state index in [1.54, 1.807) is 0 Å². The summed E-state index contributed by atoms with van der Waals surface area (Å²) in [5, 5.41) is 3.26. The first-order chi connectivity index (χ1) is 9.63. The molecular weight excluding hydrogens is 274 g/mol. The van der Waals surface area contributed by atoms with Crippen molar-refractivity contribution in [3.63, 3.8) is 0 Å². The molecule has 2 rings (SSSR count). The van der Waals surface area contributed by atoms with Gasteiger partial charge in [0.2, 0.25) is 0 Å². The second kappa shape index (κ2) is 7.76. The maximum absolute atomic E-state index is 12.7. The number of hydrogen-bond donors (Lipinski definition) is 1. The average Bonchev–Trinajstić information content (AvgIpc) is 2.78. The number of sulfone groups is 1. The van der Waals surface area contributed by atoms with Crippen molar-refractivity contribution in [1.29, 1.82) is 0 Å². The molecule has 0 aromatic rings. The fourth-order valence-corrected chi connectivity index (χ4v) is 5.71. The minimum absolute atomic E-state index is 0.0601. The zero-order valence-electron chi connectivity index (χ0n) is 12.6. The molecule has 0 amide bonds. The molecular formula is C15H29NO3S. The minimum atomic E-state index is -3.06. The van der Waals surface area contributed by atoms with Gasteiger partial charge in [0.25, 0.3) is 0 Å². The van der Waals surface area contributed by atoms with Crippen molar-refractivity contribution in [2.75, 3.05) is 18.9 Å². The third kappa shape index (κ3) is 4.43. The summed E-state index contributed by atoms with van der Waals surface area (Å²) in [5.74, 6) is 0.224. The summed E-state index contributed by atoms with van der Waals surface area (Å²) in [5.41, 5.74) is 0. The van der Waals surface area contributed by atoms with E-state index in [0.717, 1.165) is 64.5 Å². The van der Waals surface area contributed by atoms with Crippen LogP contribution in [0.15, 0.2) is 0 Å². The molecule has 0 spiro atoms. The Bertz CT molecular complexity index is 377. The second-order valence-corrected chi connectivity index (χ2v) is 8.47. The monoisotopic (exact) mass is 303 g/mol. The van der Waals surface area contributed by atoms with Gasteiger partial charge in [0.1, 0.15) is 0 Å². The molecule has 2 fully saturated rings. The Morgan fingerprint density at radius 1 is 1.10 bits per heavy atom. The SMILES string of the molecule is CCCNC1CCCCCC1S(=O)(=O)CC1CCCO1. The van der Waals surface area contributed by atoms with Crippen LogP contribution in [0.25, 0.3) is 0 Å². The lowest BCUT2D eigenvalue weighted by molar-refractivity contribution is 0.127. The summed E-state index contributed by atoms with van der Waals surface area (Å²) in [6, 6.07) is 0.142. The molecule has 1 saturated carbocycles. The first kappa shape index (κ1) is 16.2. The molecule has 1 saturated heterocycles. The molecule has 0 aromatic carbocycles. The number of rotatable bonds is 6. The van der Waals surface area contributed by atoms with Crippen LogP contribution in [0.2, 0.25) is 0 Å². The van der Waals surface area contributed by atoms with E-state index in [1.165, 1.54) is 0 Å². The van der Waals surface area contributed by atoms with E-state index in [-0.39, 0.29) is 23.1 Å². The molecule has 0 aromatic heterocycles. The summed E-state index contributed by atoms with van der Waals surface area (Å²) in [4.78, 5) is 0. The molecule has 4 nitrogen and oxygen atoms in total. The van der Waals surface area contributed by atoms with E-state index < -0.39 is 9.84 Å². The standard InChI is InChI=1S/C15H29NO3S/c1-2-10-16-14-8-4-3-5-9-15(14)20(17,18)12-13-7-6-11-19-13/h13-16H,2-12H2,1H3. The number of ether oxygens (including phenoxy) is 1. The molecule has 20 heavy (non-hydrogen) atoms. The highest BCUT2D eigenvalue weighted by atomic mass is 32.2. The van der Waals surface area contributed by atoms with E-state index in [9.17, 15) is 8.42 Å². The van der Waals surface area contributed by atoms with Crippen LogP contribution in [-0.2, 0) is 14.6 Å². The van der Waals surface area contributed by atoms with Crippen molar-refractivity contribution in [1.82, 2.24) is 5.32 Å². The number of hydrogen-bond acceptors (Lipinski definition) is 4. The van der Waals surface area contributed by atoms with Crippen LogP contribution in [0.5, 0.6) is 0 Å². The highest BCUT2D eigenvalue weighted by Crippen LogP contribution is 2.26. The molecule has 1 aliphatic heterocycles. The third-order valence-corrected chi connectivity index (χ3v) is 6.84. The molecule has 0 bridgehead atoms. The molecule has 1 heterocycles. The van der Waals surface area contributed by atoms with Crippen LogP contribution in [0.3, 0.4) is 0 Å². The molecule has 1 aliphatic carbocycles. The lowest BCUT2D eigenvalue weighted by Gasteiger charge is -2.27. The Labute approximate surface area is 123 Å². The van der Waals surface area contributed by atoms with Crippen LogP contribution in [0.4, 0.5) is 0 Å². The van der Waals surface area contributed by atoms with E-state index in [2.05, 4.69) is 12.2 Å². The molecule has 0 radical (unpaired) electrons. The fraction of sp³-hybridized carbons (Fsp3) is 1.00. The Balaban J connectivity index is 2.03. The van der Waals surface area contributed by atoms with Crippen molar-refractivity contribution in [2.24, 2.45) is 0 Å². The average molecular weight is 303 g/mol. The van der Waals surface area contributed by atoms with Gasteiger partial charge in [-0.15, -0.1) is 0 Å². The van der Waals surface area contributed by atoms with Crippen LogP contribution in [-0.4, -0.2) is 44.7 Å². The van der Waals surface area contributed by atoms with Gasteiger partial charge in [0, 0.05) is 12.6 Å². The predicted molar refractivity (Wildman–Crippen MR) is 81.7 cm³/mol. The first-order valence-corrected chi connectivity index (χ1v) is 9.91. The molecule has 3 atom stereocenters. The lowest BCUT2D eigenvalue weighted by Crippen LogP contribution is -2.45. The highest BCUT2D eigenvalue weighted by Gasteiger charge is 2.36. The van der Waals surface area contributed by atoms with E-state index >= 15 is 0 Å². The normalized spacial score (nSPS) is 32.1. The van der Waals surface area contributed by atoms with Crippen LogP contribution in [0, 0.1) is 0 Å². The zero-order chi connectivity index (χ0) is 14.4. The van der Waals surface area contributed by atoms with Crippen LogP contribution < -0.4 is 5.32 Å². The maximum atomic E-state index is 12.7. The van der Waals surface area contributed by atoms with Gasteiger partial charge in [-0.05, 0) is 38.6 Å². The van der Waals surface area contributed by atoms with Crippen LogP contribution in [0.1, 0.15) is 58.3 Å². The van der Waals surface area contributed by atoms with E-state index in [4.69, 9.17) is 4.74 Å². The minimum Gasteiger partial charge on any atom is -0.377 e. The second-order valence-electron chi connectivity index (χ2n) is 6.20. The first-order valence-electron chi connectivity index (χ1n) is 8.20. The fourth-order valence-electron chi connectivity index (χ4n) is 3.43. The molecule has 1 N–H and O–H groups in total. The Hall–Kier alpha value is -0.130. The zero-order valence-corrected chi connectivity index (χ0v) is 13.5. The van der Waals surface area contributed by atoms with Gasteiger partial charge in [0.05, 0.1) is 17.1 Å². The van der Waals surface area contributed by atoms with Crippen LogP contribution >= 0.6 is 0 Å². The Morgan fingerprint density at radius 2 is 1.90 bits per heavy atom. The molecule has 2 aliphatic rings. The van der Waals surface area contributed by atoms with Crippen molar-refractivity contribution < 1.29 is 13.2 Å². The van der Waals surface area contributed by atoms with E-state index in [0.29, 0.717) is 0 Å². The summed E-state index contributed by atoms with van der Waals surface area (Å²) in [6.07, 6.45) is 8.06. The molecule has 3 unspecified atom stereocenters. The van der Waals surface area contributed by atoms with Gasteiger partial charge in [-0.2, -0.15) is 0 Å². The smallest absolute Gasteiger partial charge is 0.157 e. The van der Waals surface area contributed by atoms with Gasteiger partial charge >= 0.3 is 0 Å². The van der Waals surface area contributed by atoms with Gasteiger partial charge in [-0.25, -0.2) is 8.42 Å². The van der Waals surface area contributed by atoms with Crippen molar-refractivity contribution in [3.8, 4) is 0 Å². The highest BCUT2D eigenvalue weighted by molar-refractivity contribution is 7.92. The third-order valence-electron chi connectivity index (χ3n) is 4.51. The van der Waals surface area contributed by atoms with Crippen molar-refractivity contribution in [2.45, 2.75) is 75.7 Å². The Morgan fingerprint density at radius 3 is 2.60 bits per heavy atom. The van der Waals surface area contributed by atoms with Crippen molar-refractivity contribution >= 4 is 9.84 Å². The summed E-state index contributed by atoms with van der Waals surface area (Å²) in [7, 11) is -3.06. The largest absolute Gasteiger partial charge is 0.377 e. The van der Waals surface area contributed by atoms with E-state index in [1.807, 2.05) is 0 Å². The topological polar surface area (TPSA) is 55.4 Å². The molecule has 5 heteroatoms. The van der Waals surface area contributed by atoms with Crippen molar-refractivity contribution in [3.05, 3.63) is 0 Å². The predicted octanol–water partition coefficient (Wildman–Crippen LogP) is 2.28. The van der Waals surface area contributed by atoms with Gasteiger partial charge in [-0.3, -0.25) is 0 Å². The number of nitrogens with one attached hydrogen (secondary N) is 1. The molecule has 118 valence electrons. The van der Waals surface area contributed by atoms with Gasteiger partial charge < -0.3 is 10.1 Å². The quantitative estimate of drug-likeness (QED) is 0.765. The lowest BCUT2D eigenvalue weighted by atomic mass is 10.1. The van der Waals surface area contributed by atoms with Gasteiger partial charge in [0.15, 0.2) is 9.84 Å². The summed E-state index contributed by atoms with van der Waals surface area (Å²) >= 11 is 0. The summed E-state index contributed by atoms with van der Waals surface area (Å²) < 4.78 is 31.0.